The Hall–Kier alpha value is -3.59. The molecule has 0 atom stereocenters. The number of carbonyl (C=O) groups excluding carboxylic acids is 1. The Balaban J connectivity index is 1.53. The average molecular weight is 424 g/mol. The topological polar surface area (TPSA) is 85.6 Å². The van der Waals surface area contributed by atoms with E-state index in [0.29, 0.717) is 38.7 Å². The van der Waals surface area contributed by atoms with Gasteiger partial charge >= 0.3 is 0 Å². The normalized spacial score (nSPS) is 11.7. The van der Waals surface area contributed by atoms with Crippen LogP contribution in [0.15, 0.2) is 53.3 Å². The summed E-state index contributed by atoms with van der Waals surface area (Å²) in [6.07, 6.45) is 2.35. The third-order valence-corrected chi connectivity index (χ3v) is 5.19. The average Bonchev–Trinajstić information content (AvgIpc) is 3.28. The van der Waals surface area contributed by atoms with Crippen LogP contribution in [0.4, 0.5) is 10.1 Å². The second-order valence-corrected chi connectivity index (χ2v) is 7.38. The van der Waals surface area contributed by atoms with Gasteiger partial charge in [-0.2, -0.15) is 4.52 Å². The Morgan fingerprint density at radius 1 is 1.23 bits per heavy atom. The molecule has 0 spiro atoms. The van der Waals surface area contributed by atoms with Crippen LogP contribution in [-0.2, 0) is 11.2 Å². The van der Waals surface area contributed by atoms with Crippen molar-refractivity contribution in [2.45, 2.75) is 13.3 Å². The number of anilines is 1. The molecule has 7 nitrogen and oxygen atoms in total. The molecule has 0 fully saturated rings. The summed E-state index contributed by atoms with van der Waals surface area (Å²) in [5, 5.41) is 6.83. The highest BCUT2D eigenvalue weighted by Gasteiger charge is 2.11. The summed E-state index contributed by atoms with van der Waals surface area (Å²) in [7, 11) is 0. The van der Waals surface area contributed by atoms with Crippen molar-refractivity contribution in [3.8, 4) is 5.75 Å². The van der Waals surface area contributed by atoms with Crippen LogP contribution >= 0.6 is 11.3 Å². The zero-order valence-corrected chi connectivity index (χ0v) is 16.8. The second-order valence-electron chi connectivity index (χ2n) is 6.37. The molecule has 0 bridgehead atoms. The first-order valence-corrected chi connectivity index (χ1v) is 10.0. The molecule has 2 heterocycles. The van der Waals surface area contributed by atoms with Crippen molar-refractivity contribution in [3.63, 3.8) is 0 Å². The third kappa shape index (κ3) is 4.20. The monoisotopic (exact) mass is 424 g/mol. The van der Waals surface area contributed by atoms with E-state index in [1.54, 1.807) is 24.3 Å². The molecule has 0 saturated carbocycles. The van der Waals surface area contributed by atoms with Gasteiger partial charge in [0.05, 0.1) is 4.53 Å². The number of hydrogen-bond acceptors (Lipinski definition) is 6. The van der Waals surface area contributed by atoms with Gasteiger partial charge in [0.2, 0.25) is 4.96 Å². The van der Waals surface area contributed by atoms with E-state index in [9.17, 15) is 14.0 Å². The Morgan fingerprint density at radius 2 is 2.00 bits per heavy atom. The van der Waals surface area contributed by atoms with E-state index in [2.05, 4.69) is 15.4 Å². The quantitative estimate of drug-likeness (QED) is 0.514. The van der Waals surface area contributed by atoms with Crippen molar-refractivity contribution in [2.24, 2.45) is 0 Å². The van der Waals surface area contributed by atoms with Crippen molar-refractivity contribution in [2.75, 3.05) is 11.9 Å². The number of aryl methyl sites for hydroxylation is 1. The van der Waals surface area contributed by atoms with Gasteiger partial charge in [0, 0.05) is 17.7 Å². The molecular formula is C21H17FN4O3S. The van der Waals surface area contributed by atoms with E-state index in [1.807, 2.05) is 13.0 Å². The molecule has 0 aliphatic carbocycles. The third-order valence-electron chi connectivity index (χ3n) is 4.23. The fraction of sp³-hybridized carbons (Fsp3) is 0.143. The first-order valence-electron chi connectivity index (χ1n) is 9.21. The lowest BCUT2D eigenvalue weighted by molar-refractivity contribution is -0.118. The van der Waals surface area contributed by atoms with Gasteiger partial charge in [-0.25, -0.2) is 9.37 Å². The molecule has 4 rings (SSSR count). The molecule has 4 aromatic rings. The lowest BCUT2D eigenvalue weighted by atomic mass is 10.2. The van der Waals surface area contributed by atoms with Gasteiger partial charge in [-0.1, -0.05) is 36.5 Å². The fourth-order valence-electron chi connectivity index (χ4n) is 2.77. The number of para-hydroxylation sites is 1. The van der Waals surface area contributed by atoms with E-state index in [0.717, 1.165) is 0 Å². The van der Waals surface area contributed by atoms with E-state index >= 15 is 0 Å². The maximum Gasteiger partial charge on any atom is 0.291 e. The van der Waals surface area contributed by atoms with Gasteiger partial charge < -0.3 is 10.1 Å². The first kappa shape index (κ1) is 19.7. The van der Waals surface area contributed by atoms with Gasteiger partial charge in [-0.3, -0.25) is 9.59 Å². The van der Waals surface area contributed by atoms with E-state index in [-0.39, 0.29) is 23.9 Å². The number of benzene rings is 2. The summed E-state index contributed by atoms with van der Waals surface area (Å²) in [5.74, 6) is 0.320. The summed E-state index contributed by atoms with van der Waals surface area (Å²) in [5.41, 5.74) is 0.886. The maximum atomic E-state index is 13.0. The highest BCUT2D eigenvalue weighted by Crippen LogP contribution is 2.19. The largest absolute Gasteiger partial charge is 0.483 e. The standard InChI is InChI=1S/C21H17FN4O3S/c1-2-18-24-21-26(25-18)20(28)17(30-21)11-13-5-3-4-6-16(13)29-12-19(27)23-15-9-7-14(22)8-10-15/h3-11H,2,12H2,1H3,(H,23,27)/b17-11-. The molecule has 9 heteroatoms. The predicted molar refractivity (Wildman–Crippen MR) is 112 cm³/mol. The van der Waals surface area contributed by atoms with Crippen LogP contribution in [0.25, 0.3) is 11.0 Å². The van der Waals surface area contributed by atoms with Crippen LogP contribution in [0.1, 0.15) is 18.3 Å². The van der Waals surface area contributed by atoms with Crippen LogP contribution in [0.2, 0.25) is 0 Å². The molecular weight excluding hydrogens is 407 g/mol. The molecule has 0 aliphatic rings. The maximum absolute atomic E-state index is 13.0. The number of nitrogens with zero attached hydrogens (tertiary/aromatic N) is 3. The van der Waals surface area contributed by atoms with Gasteiger partial charge in [0.1, 0.15) is 11.6 Å². The highest BCUT2D eigenvalue weighted by molar-refractivity contribution is 7.15. The molecule has 152 valence electrons. The van der Waals surface area contributed by atoms with Gasteiger partial charge in [0.25, 0.3) is 11.5 Å². The fourth-order valence-corrected chi connectivity index (χ4v) is 3.69. The smallest absolute Gasteiger partial charge is 0.291 e. The molecule has 0 radical (unpaired) electrons. The number of aromatic nitrogens is 3. The van der Waals surface area contributed by atoms with Gasteiger partial charge in [0.15, 0.2) is 12.4 Å². The Morgan fingerprint density at radius 3 is 2.73 bits per heavy atom. The molecule has 2 aromatic heterocycles. The molecule has 30 heavy (non-hydrogen) atoms. The molecule has 0 saturated heterocycles. The molecule has 1 N–H and O–H groups in total. The number of amides is 1. The number of hydrogen-bond donors (Lipinski definition) is 1. The number of fused-ring (bicyclic) bond motifs is 1. The summed E-state index contributed by atoms with van der Waals surface area (Å²) >= 11 is 1.25. The summed E-state index contributed by atoms with van der Waals surface area (Å²) in [6, 6.07) is 12.6. The van der Waals surface area contributed by atoms with Crippen LogP contribution < -0.4 is 20.1 Å². The van der Waals surface area contributed by atoms with Gasteiger partial charge in [-0.15, -0.1) is 5.10 Å². The molecule has 0 aliphatic heterocycles. The molecule has 1 amide bonds. The van der Waals surface area contributed by atoms with Crippen LogP contribution in [0, 0.1) is 5.82 Å². The van der Waals surface area contributed by atoms with Crippen molar-refractivity contribution in [1.29, 1.82) is 0 Å². The van der Waals surface area contributed by atoms with E-state index < -0.39 is 0 Å². The van der Waals surface area contributed by atoms with Crippen molar-refractivity contribution < 1.29 is 13.9 Å². The second kappa shape index (κ2) is 8.42. The van der Waals surface area contributed by atoms with Gasteiger partial charge in [-0.05, 0) is 36.4 Å². The lowest BCUT2D eigenvalue weighted by Crippen LogP contribution is -2.24. The number of carbonyl (C=O) groups is 1. The predicted octanol–water partition coefficient (Wildman–Crippen LogP) is 2.42. The Kier molecular flexibility index (Phi) is 5.53. The minimum atomic E-state index is -0.383. The lowest BCUT2D eigenvalue weighted by Gasteiger charge is -2.09. The van der Waals surface area contributed by atoms with E-state index in [4.69, 9.17) is 4.74 Å². The minimum Gasteiger partial charge on any atom is -0.483 e. The number of thiazole rings is 1. The Bertz CT molecular complexity index is 1310. The summed E-state index contributed by atoms with van der Waals surface area (Å²) < 4.78 is 20.4. The number of halogens is 1. The van der Waals surface area contributed by atoms with Crippen molar-refractivity contribution in [3.05, 3.63) is 80.6 Å². The highest BCUT2D eigenvalue weighted by atomic mass is 32.1. The molecule has 2 aromatic carbocycles. The Labute approximate surface area is 174 Å². The van der Waals surface area contributed by atoms with Crippen LogP contribution in [0.3, 0.4) is 0 Å². The van der Waals surface area contributed by atoms with Crippen LogP contribution in [-0.4, -0.2) is 27.1 Å². The zero-order valence-electron chi connectivity index (χ0n) is 16.0. The zero-order chi connectivity index (χ0) is 21.1. The first-order chi connectivity index (χ1) is 14.5. The van der Waals surface area contributed by atoms with Crippen molar-refractivity contribution in [1.82, 2.24) is 14.6 Å². The number of nitrogens with one attached hydrogen (secondary N) is 1. The van der Waals surface area contributed by atoms with Crippen molar-refractivity contribution >= 4 is 34.0 Å². The summed E-state index contributed by atoms with van der Waals surface area (Å²) in [6.45, 7) is 1.69. The summed E-state index contributed by atoms with van der Waals surface area (Å²) in [4.78, 5) is 29.6. The minimum absolute atomic E-state index is 0.234. The van der Waals surface area contributed by atoms with E-state index in [1.165, 1.54) is 40.1 Å². The van der Waals surface area contributed by atoms with Crippen LogP contribution in [0.5, 0.6) is 5.75 Å². The number of rotatable bonds is 6. The SMILES string of the molecule is CCc1nc2s/c(=C\c3ccccc3OCC(=O)Nc3ccc(F)cc3)c(=O)n2n1. The number of ether oxygens (including phenoxy) is 1. The molecule has 0 unspecified atom stereocenters.